The van der Waals surface area contributed by atoms with Gasteiger partial charge in [-0.3, -0.25) is 0 Å². The summed E-state index contributed by atoms with van der Waals surface area (Å²) in [6, 6.07) is 23.5. The van der Waals surface area contributed by atoms with Crippen molar-refractivity contribution in [1.82, 2.24) is 19.9 Å². The van der Waals surface area contributed by atoms with Crippen molar-refractivity contribution >= 4 is 46.4 Å². The van der Waals surface area contributed by atoms with Crippen molar-refractivity contribution < 1.29 is 40.9 Å². The largest absolute Gasteiger partial charge is 0.508 e. The lowest BCUT2D eigenvalue weighted by molar-refractivity contribution is 0.462. The first-order valence-electron chi connectivity index (χ1n) is 17.3. The summed E-state index contributed by atoms with van der Waals surface area (Å²) in [6.45, 7) is 0. The van der Waals surface area contributed by atoms with Gasteiger partial charge in [0.2, 0.25) is 0 Å². The fourth-order valence-corrected chi connectivity index (χ4v) is 7.24. The Morgan fingerprint density at radius 3 is 0.768 bits per heavy atom. The molecule has 5 heterocycles. The van der Waals surface area contributed by atoms with E-state index < -0.39 is 0 Å². The van der Waals surface area contributed by atoms with Gasteiger partial charge in [0, 0.05) is 66.6 Å². The van der Waals surface area contributed by atoms with E-state index >= 15 is 0 Å². The van der Waals surface area contributed by atoms with Gasteiger partial charge in [-0.05, 0) is 121 Å². The molecule has 4 aromatic carbocycles. The summed E-state index contributed by atoms with van der Waals surface area (Å²) in [5.41, 5.74) is 5.76. The van der Waals surface area contributed by atoms with E-state index in [9.17, 15) is 40.9 Å². The molecule has 2 aliphatic rings. The van der Waals surface area contributed by atoms with E-state index in [2.05, 4.69) is 9.97 Å². The highest BCUT2D eigenvalue weighted by Crippen LogP contribution is 2.45. The highest BCUT2D eigenvalue weighted by Gasteiger charge is 2.23. The van der Waals surface area contributed by atoms with Gasteiger partial charge in [0.05, 0.1) is 22.8 Å². The standard InChI is InChI=1S/C44H30N4O8/c49-21-1-13-37(53)25(17-21)41-29-5-7-31(45-29)42(26-18-22(50)2-14-38(26)54)33-9-11-35(47-33)44(28-20-24(52)4-16-40(28)56)36-12-10-34(48-36)43(32-8-6-30(41)46-32)27-19-23(51)3-15-39(27)55/h1-20,45,48-56H. The monoisotopic (exact) mass is 742 g/mol. The number of phenols is 8. The maximum atomic E-state index is 11.2. The molecule has 274 valence electrons. The minimum atomic E-state index is -0.146. The number of aromatic hydroxyl groups is 8. The summed E-state index contributed by atoms with van der Waals surface area (Å²) in [5.74, 6) is -1.02. The van der Waals surface area contributed by atoms with Crippen LogP contribution in [0.4, 0.5) is 0 Å². The van der Waals surface area contributed by atoms with Crippen molar-refractivity contribution in [3.05, 3.63) is 120 Å². The molecule has 12 heteroatoms. The first kappa shape index (κ1) is 33.7. The summed E-state index contributed by atoms with van der Waals surface area (Å²) < 4.78 is 0. The number of hydrogen-bond acceptors (Lipinski definition) is 10. The molecule has 56 heavy (non-hydrogen) atoms. The van der Waals surface area contributed by atoms with Crippen LogP contribution in [0.15, 0.2) is 97.1 Å². The van der Waals surface area contributed by atoms with Gasteiger partial charge in [-0.15, -0.1) is 0 Å². The molecule has 0 saturated heterocycles. The predicted molar refractivity (Wildman–Crippen MR) is 214 cm³/mol. The van der Waals surface area contributed by atoms with Crippen LogP contribution in [0.3, 0.4) is 0 Å². The van der Waals surface area contributed by atoms with Crippen molar-refractivity contribution in [3.8, 4) is 90.5 Å². The van der Waals surface area contributed by atoms with Crippen LogP contribution < -0.4 is 0 Å². The molecule has 7 aromatic rings. The number of rotatable bonds is 4. The van der Waals surface area contributed by atoms with E-state index in [1.807, 2.05) is 0 Å². The first-order valence-corrected chi connectivity index (χ1v) is 17.3. The second-order valence-electron chi connectivity index (χ2n) is 13.3. The van der Waals surface area contributed by atoms with Crippen molar-refractivity contribution in [2.24, 2.45) is 0 Å². The lowest BCUT2D eigenvalue weighted by Gasteiger charge is -2.10. The molecule has 0 radical (unpaired) electrons. The maximum Gasteiger partial charge on any atom is 0.123 e. The summed E-state index contributed by atoms with van der Waals surface area (Å²) in [7, 11) is 0. The van der Waals surface area contributed by atoms with E-state index in [4.69, 9.17) is 9.97 Å². The molecule has 0 saturated carbocycles. The van der Waals surface area contributed by atoms with Crippen molar-refractivity contribution in [1.29, 1.82) is 0 Å². The quantitative estimate of drug-likeness (QED) is 0.0771. The molecule has 0 amide bonds. The number of benzene rings is 4. The summed E-state index contributed by atoms with van der Waals surface area (Å²) in [4.78, 5) is 16.8. The second kappa shape index (κ2) is 12.8. The maximum absolute atomic E-state index is 11.2. The van der Waals surface area contributed by atoms with E-state index in [0.717, 1.165) is 0 Å². The average Bonchev–Trinajstić information content (AvgIpc) is 4.01. The zero-order chi connectivity index (χ0) is 38.8. The molecule has 9 rings (SSSR count). The number of aromatic amines is 2. The highest BCUT2D eigenvalue weighted by molar-refractivity contribution is 6.01. The molecule has 2 aliphatic heterocycles. The Balaban J connectivity index is 1.52. The molecule has 12 nitrogen and oxygen atoms in total. The lowest BCUT2D eigenvalue weighted by Crippen LogP contribution is -1.90. The molecule has 10 N–H and O–H groups in total. The fraction of sp³-hybridized carbons (Fsp3) is 0. The molecular formula is C44H30N4O8. The SMILES string of the molecule is Oc1ccc(O)c(-c2c3nc(c(-c4cc(O)ccc4O)c4ccc([nH]4)c(-c4cc(O)ccc4O)c4nc(c(-c5cc(O)ccc5O)c5ccc2[nH]5)C=C4)C=C3)c1. The third kappa shape index (κ3) is 5.65. The van der Waals surface area contributed by atoms with Crippen LogP contribution in [-0.2, 0) is 0 Å². The zero-order valence-electron chi connectivity index (χ0n) is 29.0. The van der Waals surface area contributed by atoms with Crippen molar-refractivity contribution in [2.75, 3.05) is 0 Å². The number of phenolic OH excluding ortho intramolecular Hbond substituents is 8. The van der Waals surface area contributed by atoms with Crippen LogP contribution in [0.5, 0.6) is 46.0 Å². The van der Waals surface area contributed by atoms with E-state index in [-0.39, 0.29) is 68.2 Å². The molecule has 0 atom stereocenters. The minimum absolute atomic E-state index is 0.109. The van der Waals surface area contributed by atoms with Crippen molar-refractivity contribution in [3.63, 3.8) is 0 Å². The third-order valence-electron chi connectivity index (χ3n) is 9.75. The predicted octanol–water partition coefficient (Wildman–Crippen LogP) is 8.97. The number of fused-ring (bicyclic) bond motifs is 8. The third-order valence-corrected chi connectivity index (χ3v) is 9.75. The van der Waals surface area contributed by atoms with Crippen LogP contribution in [-0.4, -0.2) is 60.8 Å². The molecule has 8 bridgehead atoms. The number of nitrogens with zero attached hydrogens (tertiary/aromatic N) is 2. The van der Waals surface area contributed by atoms with Gasteiger partial charge in [-0.2, -0.15) is 0 Å². The van der Waals surface area contributed by atoms with Gasteiger partial charge in [0.1, 0.15) is 46.0 Å². The molecular weight excluding hydrogens is 713 g/mol. The molecule has 0 fully saturated rings. The summed E-state index contributed by atoms with van der Waals surface area (Å²) >= 11 is 0. The Morgan fingerprint density at radius 1 is 0.304 bits per heavy atom. The minimum Gasteiger partial charge on any atom is -0.508 e. The second-order valence-corrected chi connectivity index (χ2v) is 13.3. The van der Waals surface area contributed by atoms with E-state index in [1.54, 1.807) is 48.6 Å². The Kier molecular flexibility index (Phi) is 7.69. The Bertz CT molecular complexity index is 2640. The lowest BCUT2D eigenvalue weighted by atomic mass is 10.0. The van der Waals surface area contributed by atoms with Crippen LogP contribution in [0.2, 0.25) is 0 Å². The number of H-pyrrole nitrogens is 2. The van der Waals surface area contributed by atoms with Gasteiger partial charge < -0.3 is 50.8 Å². The van der Waals surface area contributed by atoms with Crippen molar-refractivity contribution in [2.45, 2.75) is 0 Å². The van der Waals surface area contributed by atoms with Gasteiger partial charge in [-0.25, -0.2) is 9.97 Å². The Hall–Kier alpha value is -8.12. The van der Waals surface area contributed by atoms with Gasteiger partial charge in [0.15, 0.2) is 0 Å². The van der Waals surface area contributed by atoms with Crippen LogP contribution in [0.1, 0.15) is 22.8 Å². The van der Waals surface area contributed by atoms with Gasteiger partial charge >= 0.3 is 0 Å². The molecule has 0 unspecified atom stereocenters. The van der Waals surface area contributed by atoms with E-state index in [1.165, 1.54) is 72.8 Å². The molecule has 3 aromatic heterocycles. The van der Waals surface area contributed by atoms with E-state index in [0.29, 0.717) is 67.1 Å². The fourth-order valence-electron chi connectivity index (χ4n) is 7.24. The number of hydrogen-bond donors (Lipinski definition) is 10. The zero-order valence-corrected chi connectivity index (χ0v) is 29.0. The number of nitrogens with one attached hydrogen (secondary N) is 2. The highest BCUT2D eigenvalue weighted by atomic mass is 16.3. The topological polar surface area (TPSA) is 219 Å². The normalized spacial score (nSPS) is 12.0. The molecule has 0 spiro atoms. The van der Waals surface area contributed by atoms with Crippen LogP contribution in [0, 0.1) is 0 Å². The van der Waals surface area contributed by atoms with Gasteiger partial charge in [0.25, 0.3) is 0 Å². The number of aromatic nitrogens is 4. The average molecular weight is 743 g/mol. The first-order chi connectivity index (χ1) is 27.0. The Morgan fingerprint density at radius 2 is 0.536 bits per heavy atom. The van der Waals surface area contributed by atoms with Gasteiger partial charge in [-0.1, -0.05) is 0 Å². The molecule has 0 aliphatic carbocycles. The van der Waals surface area contributed by atoms with Crippen LogP contribution in [0.25, 0.3) is 90.9 Å². The summed E-state index contributed by atoms with van der Waals surface area (Å²) in [6.07, 6.45) is 6.87. The summed E-state index contributed by atoms with van der Waals surface area (Å²) in [5, 5.41) is 87.1. The Labute approximate surface area is 316 Å². The smallest absolute Gasteiger partial charge is 0.123 e. The van der Waals surface area contributed by atoms with Crippen LogP contribution >= 0.6 is 0 Å².